The van der Waals surface area contributed by atoms with Gasteiger partial charge in [-0.1, -0.05) is 0 Å². The minimum atomic E-state index is -1.20. The lowest BCUT2D eigenvalue weighted by Crippen LogP contribution is -2.10. The molecule has 8 heteroatoms. The lowest BCUT2D eigenvalue weighted by atomic mass is 10.2. The third-order valence-corrected chi connectivity index (χ3v) is 2.83. The molecule has 4 N–H and O–H groups in total. The third-order valence-electron chi connectivity index (χ3n) is 2.09. The van der Waals surface area contributed by atoms with Crippen LogP contribution in [0.15, 0.2) is 35.3 Å². The molecule has 0 aliphatic rings. The first-order valence-electron chi connectivity index (χ1n) is 5.16. The van der Waals surface area contributed by atoms with Gasteiger partial charge in [0, 0.05) is 28.7 Å². The molecule has 7 nitrogen and oxygen atoms in total. The molecule has 0 spiro atoms. The van der Waals surface area contributed by atoms with Crippen LogP contribution in [0.5, 0.6) is 0 Å². The number of carbonyl (C=O) groups excluding carboxylic acids is 1. The number of nitrogens with zero attached hydrogens (tertiary/aromatic N) is 1. The van der Waals surface area contributed by atoms with Crippen LogP contribution in [0, 0.1) is 0 Å². The van der Waals surface area contributed by atoms with Gasteiger partial charge in [0.15, 0.2) is 0 Å². The lowest BCUT2D eigenvalue weighted by Gasteiger charge is -1.90. The second-order valence-corrected chi connectivity index (χ2v) is 4.15. The molecule has 20 heavy (non-hydrogen) atoms. The average Bonchev–Trinajstić information content (AvgIpc) is 2.90. The number of nitrogens with two attached hydrogens (primary N) is 1. The zero-order valence-corrected chi connectivity index (χ0v) is 10.8. The van der Waals surface area contributed by atoms with E-state index < -0.39 is 17.8 Å². The summed E-state index contributed by atoms with van der Waals surface area (Å²) in [7, 11) is 0. The van der Waals surface area contributed by atoms with E-state index in [1.807, 2.05) is 0 Å². The number of thiophene rings is 1. The molecule has 2 heterocycles. The van der Waals surface area contributed by atoms with E-state index in [0.29, 0.717) is 5.56 Å². The van der Waals surface area contributed by atoms with Gasteiger partial charge in [0.1, 0.15) is 0 Å². The van der Waals surface area contributed by atoms with Gasteiger partial charge in [-0.2, -0.15) is 11.3 Å². The Morgan fingerprint density at radius 2 is 1.45 bits per heavy atom. The topological polar surface area (TPSA) is 131 Å². The van der Waals surface area contributed by atoms with Crippen LogP contribution in [0.25, 0.3) is 0 Å². The highest BCUT2D eigenvalue weighted by Gasteiger charge is 2.15. The number of carboxylic acids is 2. The van der Waals surface area contributed by atoms with Crippen LogP contribution < -0.4 is 5.73 Å². The Labute approximate surface area is 117 Å². The first-order chi connectivity index (χ1) is 9.43. The maximum Gasteiger partial charge on any atom is 0.337 e. The normalized spacial score (nSPS) is 9.20. The van der Waals surface area contributed by atoms with Crippen molar-refractivity contribution in [3.63, 3.8) is 0 Å². The summed E-state index contributed by atoms with van der Waals surface area (Å²) in [4.78, 5) is 34.8. The summed E-state index contributed by atoms with van der Waals surface area (Å²) in [5.41, 5.74) is 5.14. The summed E-state index contributed by atoms with van der Waals surface area (Å²) in [6.07, 6.45) is 3.06. The van der Waals surface area contributed by atoms with Gasteiger partial charge in [-0.3, -0.25) is 9.78 Å². The average molecular weight is 294 g/mol. The Kier molecular flexibility index (Phi) is 5.36. The third kappa shape index (κ3) is 4.18. The second kappa shape index (κ2) is 7.00. The molecule has 0 aliphatic heterocycles. The number of carbonyl (C=O) groups is 3. The van der Waals surface area contributed by atoms with Crippen LogP contribution >= 0.6 is 11.3 Å². The molecule has 0 aromatic carbocycles. The van der Waals surface area contributed by atoms with E-state index in [0.717, 1.165) is 11.3 Å². The molecule has 2 rings (SSSR count). The summed E-state index contributed by atoms with van der Waals surface area (Å²) in [6, 6.07) is 3.14. The Balaban J connectivity index is 0.000000204. The molecule has 0 atom stereocenters. The van der Waals surface area contributed by atoms with Crippen LogP contribution in [0.1, 0.15) is 31.1 Å². The molecule has 0 saturated carbocycles. The fourth-order valence-electron chi connectivity index (χ4n) is 1.14. The van der Waals surface area contributed by atoms with Crippen LogP contribution in [-0.4, -0.2) is 33.0 Å². The van der Waals surface area contributed by atoms with Gasteiger partial charge < -0.3 is 15.9 Å². The highest BCUT2D eigenvalue weighted by atomic mass is 32.1. The molecule has 0 bridgehead atoms. The summed E-state index contributed by atoms with van der Waals surface area (Å²) < 4.78 is 0. The molecule has 0 aliphatic carbocycles. The van der Waals surface area contributed by atoms with Gasteiger partial charge in [-0.05, 0) is 12.1 Å². The van der Waals surface area contributed by atoms with E-state index in [1.54, 1.807) is 12.1 Å². The predicted molar refractivity (Wildman–Crippen MR) is 71.0 cm³/mol. The van der Waals surface area contributed by atoms with Gasteiger partial charge in [-0.25, -0.2) is 9.59 Å². The van der Waals surface area contributed by atoms with Crippen molar-refractivity contribution in [3.8, 4) is 0 Å². The minimum absolute atomic E-state index is 0.150. The van der Waals surface area contributed by atoms with Crippen LogP contribution in [-0.2, 0) is 0 Å². The van der Waals surface area contributed by atoms with Crippen molar-refractivity contribution in [2.75, 3.05) is 0 Å². The summed E-state index contributed by atoms with van der Waals surface area (Å²) in [6.45, 7) is 0. The summed E-state index contributed by atoms with van der Waals surface area (Å²) in [5, 5.41) is 19.5. The smallest absolute Gasteiger partial charge is 0.337 e. The van der Waals surface area contributed by atoms with E-state index in [1.165, 1.54) is 23.2 Å². The molecule has 2 aromatic heterocycles. The lowest BCUT2D eigenvalue weighted by molar-refractivity contribution is 0.0653. The summed E-state index contributed by atoms with van der Waals surface area (Å²) >= 11 is 1.06. The Hall–Kier alpha value is -2.74. The van der Waals surface area contributed by atoms with Crippen molar-refractivity contribution < 1.29 is 24.6 Å². The minimum Gasteiger partial charge on any atom is -0.478 e. The van der Waals surface area contributed by atoms with Crippen molar-refractivity contribution >= 4 is 29.2 Å². The number of hydrogen-bond acceptors (Lipinski definition) is 5. The van der Waals surface area contributed by atoms with Crippen LogP contribution in [0.3, 0.4) is 0 Å². The Bertz CT molecular complexity index is 595. The molecular weight excluding hydrogens is 284 g/mol. The molecule has 104 valence electrons. The Morgan fingerprint density at radius 3 is 1.75 bits per heavy atom. The van der Waals surface area contributed by atoms with Gasteiger partial charge >= 0.3 is 11.9 Å². The van der Waals surface area contributed by atoms with E-state index in [9.17, 15) is 14.4 Å². The molecular formula is C12H10N2O5S. The number of pyridine rings is 1. The first-order valence-corrected chi connectivity index (χ1v) is 6.10. The van der Waals surface area contributed by atoms with Gasteiger partial charge in [0.25, 0.3) is 0 Å². The number of carboxylic acid groups (broad SMARTS) is 2. The quantitative estimate of drug-likeness (QED) is 0.782. The van der Waals surface area contributed by atoms with Crippen LogP contribution in [0.2, 0.25) is 0 Å². The van der Waals surface area contributed by atoms with E-state index >= 15 is 0 Å². The van der Waals surface area contributed by atoms with Crippen molar-refractivity contribution in [3.05, 3.63) is 52.0 Å². The highest BCUT2D eigenvalue weighted by Crippen LogP contribution is 2.14. The highest BCUT2D eigenvalue weighted by molar-refractivity contribution is 7.08. The predicted octanol–water partition coefficient (Wildman–Crippen LogP) is 1.33. The van der Waals surface area contributed by atoms with Crippen molar-refractivity contribution in [2.24, 2.45) is 5.73 Å². The van der Waals surface area contributed by atoms with E-state index in [4.69, 9.17) is 15.9 Å². The fraction of sp³-hybridized carbons (Fsp3) is 0. The molecule has 0 saturated heterocycles. The largest absolute Gasteiger partial charge is 0.478 e. The molecule has 1 amide bonds. The van der Waals surface area contributed by atoms with E-state index in [2.05, 4.69) is 4.98 Å². The fourth-order valence-corrected chi connectivity index (χ4v) is 1.94. The van der Waals surface area contributed by atoms with Crippen molar-refractivity contribution in [1.82, 2.24) is 4.98 Å². The van der Waals surface area contributed by atoms with Gasteiger partial charge in [-0.15, -0.1) is 0 Å². The first kappa shape index (κ1) is 15.3. The maximum atomic E-state index is 10.4. The van der Waals surface area contributed by atoms with Crippen molar-refractivity contribution in [1.29, 1.82) is 0 Å². The van der Waals surface area contributed by atoms with E-state index in [-0.39, 0.29) is 11.1 Å². The molecule has 0 radical (unpaired) electrons. The Morgan fingerprint density at radius 1 is 1.00 bits per heavy atom. The zero-order chi connectivity index (χ0) is 15.1. The monoisotopic (exact) mass is 294 g/mol. The second-order valence-electron chi connectivity index (χ2n) is 3.41. The number of aromatic nitrogens is 1. The number of primary amides is 1. The number of rotatable bonds is 3. The number of hydrogen-bond donors (Lipinski definition) is 3. The molecule has 0 fully saturated rings. The number of aromatic carboxylic acids is 2. The zero-order valence-electron chi connectivity index (χ0n) is 10.0. The molecule has 2 aromatic rings. The van der Waals surface area contributed by atoms with Gasteiger partial charge in [0.2, 0.25) is 5.91 Å². The molecule has 0 unspecified atom stereocenters. The van der Waals surface area contributed by atoms with Crippen LogP contribution in [0.4, 0.5) is 0 Å². The van der Waals surface area contributed by atoms with Gasteiger partial charge in [0.05, 0.1) is 11.1 Å². The maximum absolute atomic E-state index is 10.4. The summed E-state index contributed by atoms with van der Waals surface area (Å²) in [5.74, 6) is -2.83. The van der Waals surface area contributed by atoms with Crippen molar-refractivity contribution in [2.45, 2.75) is 0 Å². The standard InChI is InChI=1S/C6H6N2O.C6H4O4S/c7-6(9)5-1-3-8-4-2-5;7-5(8)3-1-11-2-4(3)6(9)10/h1-4H,(H2,7,9);1-2H,(H,7,8)(H,9,10). The number of amides is 1. The SMILES string of the molecule is NC(=O)c1ccncc1.O=C(O)c1cscc1C(=O)O.